The minimum atomic E-state index is 0.0999. The molecule has 1 amide bonds. The van der Waals surface area contributed by atoms with Crippen LogP contribution in [0.2, 0.25) is 0 Å². The van der Waals surface area contributed by atoms with Gasteiger partial charge < -0.3 is 15.8 Å². The molecule has 4 nitrogen and oxygen atoms in total. The van der Waals surface area contributed by atoms with E-state index in [-0.39, 0.29) is 5.91 Å². The molecule has 1 aromatic carbocycles. The molecule has 0 heterocycles. The van der Waals surface area contributed by atoms with Crippen LogP contribution in [0, 0.1) is 0 Å². The number of aryl methyl sites for hydroxylation is 1. The molecule has 0 aliphatic heterocycles. The van der Waals surface area contributed by atoms with E-state index in [1.807, 2.05) is 24.3 Å². The van der Waals surface area contributed by atoms with E-state index in [1.165, 1.54) is 0 Å². The average Bonchev–Trinajstić information content (AvgIpc) is 2.42. The molecule has 100 valence electrons. The lowest BCUT2D eigenvalue weighted by Crippen LogP contribution is -2.25. The summed E-state index contributed by atoms with van der Waals surface area (Å²) in [7, 11) is 1.64. The van der Waals surface area contributed by atoms with E-state index < -0.39 is 0 Å². The standard InChI is InChI=1S/C14H22N2O2/c1-18-13-7-4-12(5-8-13)6-9-14(17)16-11-3-2-10-15/h4-5,7-8H,2-3,6,9-11,15H2,1H3,(H,16,17). The van der Waals surface area contributed by atoms with Crippen molar-refractivity contribution in [2.75, 3.05) is 20.2 Å². The number of carbonyl (C=O) groups is 1. The van der Waals surface area contributed by atoms with Crippen molar-refractivity contribution < 1.29 is 9.53 Å². The summed E-state index contributed by atoms with van der Waals surface area (Å²) in [5.74, 6) is 0.938. The Kier molecular flexibility index (Phi) is 6.87. The number of nitrogens with one attached hydrogen (secondary N) is 1. The van der Waals surface area contributed by atoms with Crippen molar-refractivity contribution >= 4 is 5.91 Å². The lowest BCUT2D eigenvalue weighted by Gasteiger charge is -2.05. The van der Waals surface area contributed by atoms with Crippen molar-refractivity contribution in [2.45, 2.75) is 25.7 Å². The third-order valence-electron chi connectivity index (χ3n) is 2.75. The van der Waals surface area contributed by atoms with Crippen LogP contribution in [-0.2, 0) is 11.2 Å². The van der Waals surface area contributed by atoms with Gasteiger partial charge in [0.25, 0.3) is 0 Å². The highest BCUT2D eigenvalue weighted by molar-refractivity contribution is 5.76. The number of nitrogens with two attached hydrogens (primary N) is 1. The summed E-state index contributed by atoms with van der Waals surface area (Å²) in [6.45, 7) is 1.40. The zero-order valence-corrected chi connectivity index (χ0v) is 10.9. The largest absolute Gasteiger partial charge is 0.497 e. The molecule has 0 aliphatic rings. The molecule has 0 saturated carbocycles. The highest BCUT2D eigenvalue weighted by Crippen LogP contribution is 2.12. The predicted octanol–water partition coefficient (Wildman–Crippen LogP) is 1.48. The topological polar surface area (TPSA) is 64.3 Å². The Morgan fingerprint density at radius 3 is 2.61 bits per heavy atom. The minimum absolute atomic E-state index is 0.0999. The predicted molar refractivity (Wildman–Crippen MR) is 72.6 cm³/mol. The molecule has 3 N–H and O–H groups in total. The summed E-state index contributed by atoms with van der Waals surface area (Å²) in [4.78, 5) is 11.5. The van der Waals surface area contributed by atoms with E-state index >= 15 is 0 Å². The van der Waals surface area contributed by atoms with E-state index in [4.69, 9.17) is 10.5 Å². The second-order valence-corrected chi connectivity index (χ2v) is 4.19. The van der Waals surface area contributed by atoms with Crippen molar-refractivity contribution in [3.05, 3.63) is 29.8 Å². The van der Waals surface area contributed by atoms with Crippen molar-refractivity contribution in [1.82, 2.24) is 5.32 Å². The van der Waals surface area contributed by atoms with Crippen LogP contribution in [0.15, 0.2) is 24.3 Å². The Hall–Kier alpha value is -1.55. The fourth-order valence-electron chi connectivity index (χ4n) is 1.64. The molecule has 18 heavy (non-hydrogen) atoms. The Labute approximate surface area is 109 Å². The number of unbranched alkanes of at least 4 members (excludes halogenated alkanes) is 1. The smallest absolute Gasteiger partial charge is 0.220 e. The van der Waals surface area contributed by atoms with Gasteiger partial charge in [-0.15, -0.1) is 0 Å². The normalized spacial score (nSPS) is 10.1. The van der Waals surface area contributed by atoms with Gasteiger partial charge in [0.1, 0.15) is 5.75 Å². The van der Waals surface area contributed by atoms with Gasteiger partial charge in [-0.1, -0.05) is 12.1 Å². The van der Waals surface area contributed by atoms with Crippen LogP contribution in [0.25, 0.3) is 0 Å². The highest BCUT2D eigenvalue weighted by atomic mass is 16.5. The number of amides is 1. The second kappa shape index (κ2) is 8.53. The van der Waals surface area contributed by atoms with Gasteiger partial charge in [-0.3, -0.25) is 4.79 Å². The highest BCUT2D eigenvalue weighted by Gasteiger charge is 2.01. The lowest BCUT2D eigenvalue weighted by atomic mass is 10.1. The number of ether oxygens (including phenoxy) is 1. The molecule has 0 aliphatic carbocycles. The van der Waals surface area contributed by atoms with E-state index in [0.29, 0.717) is 13.0 Å². The van der Waals surface area contributed by atoms with E-state index in [1.54, 1.807) is 7.11 Å². The Morgan fingerprint density at radius 2 is 2.00 bits per heavy atom. The number of rotatable bonds is 8. The van der Waals surface area contributed by atoms with E-state index in [0.717, 1.165) is 37.1 Å². The van der Waals surface area contributed by atoms with Crippen LogP contribution >= 0.6 is 0 Å². The van der Waals surface area contributed by atoms with Gasteiger partial charge in [0, 0.05) is 13.0 Å². The second-order valence-electron chi connectivity index (χ2n) is 4.19. The summed E-state index contributed by atoms with van der Waals surface area (Å²) in [5.41, 5.74) is 6.53. The summed E-state index contributed by atoms with van der Waals surface area (Å²) >= 11 is 0. The Morgan fingerprint density at radius 1 is 1.28 bits per heavy atom. The number of carbonyl (C=O) groups excluding carboxylic acids is 1. The molecule has 4 heteroatoms. The Balaban J connectivity index is 2.20. The van der Waals surface area contributed by atoms with Crippen LogP contribution < -0.4 is 15.8 Å². The summed E-state index contributed by atoms with van der Waals surface area (Å²) in [6, 6.07) is 7.80. The maximum absolute atomic E-state index is 11.5. The summed E-state index contributed by atoms with van der Waals surface area (Å²) < 4.78 is 5.08. The zero-order valence-electron chi connectivity index (χ0n) is 10.9. The van der Waals surface area contributed by atoms with Gasteiger partial charge in [0.2, 0.25) is 5.91 Å². The number of benzene rings is 1. The first kappa shape index (κ1) is 14.5. The average molecular weight is 250 g/mol. The first-order valence-corrected chi connectivity index (χ1v) is 6.36. The molecule has 0 aromatic heterocycles. The van der Waals surface area contributed by atoms with Crippen LogP contribution in [0.5, 0.6) is 5.75 Å². The number of hydrogen-bond acceptors (Lipinski definition) is 3. The van der Waals surface area contributed by atoms with Gasteiger partial charge in [0.15, 0.2) is 0 Å². The van der Waals surface area contributed by atoms with Gasteiger partial charge in [-0.2, -0.15) is 0 Å². The first-order valence-electron chi connectivity index (χ1n) is 6.36. The van der Waals surface area contributed by atoms with Gasteiger partial charge in [-0.25, -0.2) is 0 Å². The maximum atomic E-state index is 11.5. The first-order chi connectivity index (χ1) is 8.76. The summed E-state index contributed by atoms with van der Waals surface area (Å²) in [5, 5.41) is 2.89. The summed E-state index contributed by atoms with van der Waals surface area (Å²) in [6.07, 6.45) is 3.19. The van der Waals surface area contributed by atoms with Gasteiger partial charge in [0.05, 0.1) is 7.11 Å². The molecule has 0 bridgehead atoms. The van der Waals surface area contributed by atoms with Crippen LogP contribution in [0.4, 0.5) is 0 Å². The van der Waals surface area contributed by atoms with Crippen molar-refractivity contribution in [3.8, 4) is 5.75 Å². The number of hydrogen-bond donors (Lipinski definition) is 2. The van der Waals surface area contributed by atoms with Crippen molar-refractivity contribution in [3.63, 3.8) is 0 Å². The fraction of sp³-hybridized carbons (Fsp3) is 0.500. The van der Waals surface area contributed by atoms with Crippen LogP contribution in [-0.4, -0.2) is 26.1 Å². The van der Waals surface area contributed by atoms with E-state index in [2.05, 4.69) is 5.32 Å². The monoisotopic (exact) mass is 250 g/mol. The molecule has 0 unspecified atom stereocenters. The lowest BCUT2D eigenvalue weighted by molar-refractivity contribution is -0.121. The minimum Gasteiger partial charge on any atom is -0.497 e. The molecule has 1 aromatic rings. The molecular formula is C14H22N2O2. The Bertz CT molecular complexity index is 349. The van der Waals surface area contributed by atoms with E-state index in [9.17, 15) is 4.79 Å². The molecule has 0 saturated heterocycles. The quantitative estimate of drug-likeness (QED) is 0.687. The SMILES string of the molecule is COc1ccc(CCC(=O)NCCCCN)cc1. The number of methoxy groups -OCH3 is 1. The van der Waals surface area contributed by atoms with Crippen LogP contribution in [0.1, 0.15) is 24.8 Å². The third-order valence-corrected chi connectivity index (χ3v) is 2.75. The van der Waals surface area contributed by atoms with Gasteiger partial charge in [-0.05, 0) is 43.5 Å². The molecule has 0 radical (unpaired) electrons. The van der Waals surface area contributed by atoms with Crippen LogP contribution in [0.3, 0.4) is 0 Å². The third kappa shape index (κ3) is 5.68. The van der Waals surface area contributed by atoms with Crippen molar-refractivity contribution in [1.29, 1.82) is 0 Å². The zero-order chi connectivity index (χ0) is 13.2. The molecule has 1 rings (SSSR count). The molecule has 0 fully saturated rings. The molecule has 0 atom stereocenters. The molecular weight excluding hydrogens is 228 g/mol. The molecule has 0 spiro atoms. The van der Waals surface area contributed by atoms with Gasteiger partial charge >= 0.3 is 0 Å². The fourth-order valence-corrected chi connectivity index (χ4v) is 1.64. The maximum Gasteiger partial charge on any atom is 0.220 e. The van der Waals surface area contributed by atoms with Crippen molar-refractivity contribution in [2.24, 2.45) is 5.73 Å².